The molecular formula is C23H38ClNO5. The number of unbranched alkanes of at least 4 members (excludes halogenated alkanes) is 9. The predicted octanol–water partition coefficient (Wildman–Crippen LogP) is 6.76. The van der Waals surface area contributed by atoms with Gasteiger partial charge in [0, 0.05) is 0 Å². The maximum Gasteiger partial charge on any atom is 0.534 e. The Morgan fingerprint density at radius 1 is 0.967 bits per heavy atom. The summed E-state index contributed by atoms with van der Waals surface area (Å²) in [5.74, 6) is -0.630. The summed E-state index contributed by atoms with van der Waals surface area (Å²) in [6.45, 7) is 7.58. The molecule has 6 nitrogen and oxygen atoms in total. The van der Waals surface area contributed by atoms with Crippen molar-refractivity contribution in [3.8, 4) is 0 Å². The number of halogens is 1. The van der Waals surface area contributed by atoms with Crippen molar-refractivity contribution in [3.05, 3.63) is 22.5 Å². The summed E-state index contributed by atoms with van der Waals surface area (Å²) in [7, 11) is 0. The van der Waals surface area contributed by atoms with Crippen LogP contribution in [0, 0.1) is 0 Å². The molecule has 0 unspecified atom stereocenters. The highest BCUT2D eigenvalue weighted by molar-refractivity contribution is 6.33. The van der Waals surface area contributed by atoms with E-state index in [4.69, 9.17) is 25.9 Å². The topological polar surface area (TPSA) is 66.8 Å². The number of carbonyl (C=O) groups is 2. The molecule has 0 saturated heterocycles. The minimum Gasteiger partial charge on any atom is -0.461 e. The normalized spacial score (nSPS) is 11.0. The van der Waals surface area contributed by atoms with Crippen molar-refractivity contribution in [2.75, 3.05) is 6.61 Å². The molecule has 1 aromatic heterocycles. The maximum atomic E-state index is 12.3. The van der Waals surface area contributed by atoms with Gasteiger partial charge < -0.3 is 14.3 Å². The lowest BCUT2D eigenvalue weighted by Crippen LogP contribution is -2.28. The summed E-state index contributed by atoms with van der Waals surface area (Å²) in [4.78, 5) is 29.6. The van der Waals surface area contributed by atoms with Gasteiger partial charge in [-0.25, -0.2) is 9.59 Å². The largest absolute Gasteiger partial charge is 0.534 e. The first-order chi connectivity index (χ1) is 14.4. The molecule has 0 fully saturated rings. The Balaban J connectivity index is 2.60. The van der Waals surface area contributed by atoms with E-state index in [2.05, 4.69) is 6.92 Å². The third-order valence-corrected chi connectivity index (χ3v) is 5.02. The highest BCUT2D eigenvalue weighted by Gasteiger charge is 2.25. The molecule has 30 heavy (non-hydrogen) atoms. The molecule has 0 radical (unpaired) electrons. The van der Waals surface area contributed by atoms with Crippen LogP contribution in [0.1, 0.15) is 108 Å². The van der Waals surface area contributed by atoms with E-state index in [1.165, 1.54) is 56.1 Å². The van der Waals surface area contributed by atoms with Crippen molar-refractivity contribution in [1.29, 1.82) is 0 Å². The Kier molecular flexibility index (Phi) is 13.3. The summed E-state index contributed by atoms with van der Waals surface area (Å²) >= 11 is 6.25. The summed E-state index contributed by atoms with van der Waals surface area (Å²) in [6.07, 6.45) is 11.7. The van der Waals surface area contributed by atoms with Crippen LogP contribution in [0.5, 0.6) is 0 Å². The highest BCUT2D eigenvalue weighted by atomic mass is 35.5. The standard InChI is InChI=1S/C23H38ClNO5/c1-5-7-8-9-10-11-12-13-14-15-16-19-17-20(24)21(22(26)28-6-2)25(19)30-23(27)29-18(3)4/h17-18H,5-16H2,1-4H3. The van der Waals surface area contributed by atoms with E-state index in [0.29, 0.717) is 12.1 Å². The lowest BCUT2D eigenvalue weighted by atomic mass is 10.1. The number of hydrogen-bond donors (Lipinski definition) is 0. The number of esters is 1. The Bertz CT molecular complexity index is 642. The number of aryl methyl sites for hydroxylation is 1. The quantitative estimate of drug-likeness (QED) is 0.221. The second kappa shape index (κ2) is 15.2. The van der Waals surface area contributed by atoms with E-state index in [0.717, 1.165) is 12.8 Å². The number of hydrogen-bond acceptors (Lipinski definition) is 5. The Morgan fingerprint density at radius 2 is 1.53 bits per heavy atom. The molecule has 0 aliphatic heterocycles. The first-order valence-electron chi connectivity index (χ1n) is 11.4. The fourth-order valence-corrected chi connectivity index (χ4v) is 3.53. The van der Waals surface area contributed by atoms with E-state index >= 15 is 0 Å². The van der Waals surface area contributed by atoms with Crippen LogP contribution in [0.25, 0.3) is 0 Å². The van der Waals surface area contributed by atoms with Gasteiger partial charge in [-0.2, -0.15) is 4.73 Å². The third kappa shape index (κ3) is 9.88. The molecule has 0 aliphatic carbocycles. The van der Waals surface area contributed by atoms with E-state index < -0.39 is 12.1 Å². The molecule has 0 atom stereocenters. The van der Waals surface area contributed by atoms with Crippen molar-refractivity contribution < 1.29 is 23.9 Å². The van der Waals surface area contributed by atoms with E-state index in [9.17, 15) is 9.59 Å². The Hall–Kier alpha value is -1.69. The minimum absolute atomic E-state index is 0.0151. The van der Waals surface area contributed by atoms with Crippen LogP contribution < -0.4 is 4.84 Å². The van der Waals surface area contributed by atoms with Gasteiger partial charge in [-0.05, 0) is 39.7 Å². The zero-order chi connectivity index (χ0) is 22.4. The molecule has 0 bridgehead atoms. The van der Waals surface area contributed by atoms with Crippen molar-refractivity contribution in [1.82, 2.24) is 4.73 Å². The van der Waals surface area contributed by atoms with Crippen LogP contribution in [0.15, 0.2) is 6.07 Å². The molecule has 1 aromatic rings. The highest BCUT2D eigenvalue weighted by Crippen LogP contribution is 2.24. The molecule has 0 N–H and O–H groups in total. The van der Waals surface area contributed by atoms with Crippen LogP contribution in [0.4, 0.5) is 4.79 Å². The van der Waals surface area contributed by atoms with Gasteiger partial charge in [0.05, 0.1) is 23.4 Å². The molecule has 0 amide bonds. The maximum absolute atomic E-state index is 12.3. The van der Waals surface area contributed by atoms with Gasteiger partial charge >= 0.3 is 12.1 Å². The smallest absolute Gasteiger partial charge is 0.461 e. The summed E-state index contributed by atoms with van der Waals surface area (Å²) < 4.78 is 11.3. The molecule has 0 spiro atoms. The molecule has 1 heterocycles. The molecule has 0 aromatic carbocycles. The minimum atomic E-state index is -0.882. The Labute approximate surface area is 186 Å². The first-order valence-corrected chi connectivity index (χ1v) is 11.7. The second-order valence-corrected chi connectivity index (χ2v) is 8.19. The van der Waals surface area contributed by atoms with Crippen molar-refractivity contribution in [2.24, 2.45) is 0 Å². The fraction of sp³-hybridized carbons (Fsp3) is 0.739. The Morgan fingerprint density at radius 3 is 2.07 bits per heavy atom. The average Bonchev–Trinajstić information content (AvgIpc) is 2.97. The molecule has 172 valence electrons. The third-order valence-electron chi connectivity index (χ3n) is 4.74. The van der Waals surface area contributed by atoms with Crippen LogP contribution in [-0.4, -0.2) is 29.6 Å². The zero-order valence-corrected chi connectivity index (χ0v) is 19.8. The van der Waals surface area contributed by atoms with E-state index in [1.807, 2.05) is 0 Å². The number of nitrogens with zero attached hydrogens (tertiary/aromatic N) is 1. The van der Waals surface area contributed by atoms with Gasteiger partial charge in [0.15, 0.2) is 5.69 Å². The van der Waals surface area contributed by atoms with Crippen LogP contribution in [0.3, 0.4) is 0 Å². The lowest BCUT2D eigenvalue weighted by Gasteiger charge is -2.13. The van der Waals surface area contributed by atoms with E-state index in [1.54, 1.807) is 26.8 Å². The van der Waals surface area contributed by atoms with Gasteiger partial charge in [-0.15, -0.1) is 0 Å². The number of aromatic nitrogens is 1. The first kappa shape index (κ1) is 26.3. The van der Waals surface area contributed by atoms with Gasteiger partial charge in [-0.3, -0.25) is 0 Å². The predicted molar refractivity (Wildman–Crippen MR) is 119 cm³/mol. The lowest BCUT2D eigenvalue weighted by molar-refractivity contribution is 0.0210. The van der Waals surface area contributed by atoms with E-state index in [-0.39, 0.29) is 23.4 Å². The van der Waals surface area contributed by atoms with Gasteiger partial charge in [0.2, 0.25) is 0 Å². The molecule has 7 heteroatoms. The van der Waals surface area contributed by atoms with Crippen LogP contribution in [-0.2, 0) is 15.9 Å². The summed E-state index contributed by atoms with van der Waals surface area (Å²) in [5, 5.41) is 0.202. The number of ether oxygens (including phenoxy) is 2. The van der Waals surface area contributed by atoms with Crippen LogP contribution >= 0.6 is 11.6 Å². The average molecular weight is 444 g/mol. The second-order valence-electron chi connectivity index (χ2n) is 7.79. The monoisotopic (exact) mass is 443 g/mol. The SMILES string of the molecule is CCCCCCCCCCCCc1cc(Cl)c(C(=O)OCC)n1OC(=O)OC(C)C. The zero-order valence-electron chi connectivity index (χ0n) is 19.0. The molecular weight excluding hydrogens is 406 g/mol. The van der Waals surface area contributed by atoms with Crippen molar-refractivity contribution >= 4 is 23.7 Å². The van der Waals surface area contributed by atoms with Crippen molar-refractivity contribution in [3.63, 3.8) is 0 Å². The number of carbonyl (C=O) groups excluding carboxylic acids is 2. The molecule has 0 aliphatic rings. The molecule has 1 rings (SSSR count). The summed E-state index contributed by atoms with van der Waals surface area (Å²) in [6, 6.07) is 1.66. The van der Waals surface area contributed by atoms with Gasteiger partial charge in [-0.1, -0.05) is 76.3 Å². The van der Waals surface area contributed by atoms with Gasteiger partial charge in [0.25, 0.3) is 0 Å². The van der Waals surface area contributed by atoms with Gasteiger partial charge in [0.1, 0.15) is 0 Å². The summed E-state index contributed by atoms with van der Waals surface area (Å²) in [5.41, 5.74) is 0.671. The van der Waals surface area contributed by atoms with Crippen molar-refractivity contribution in [2.45, 2.75) is 104 Å². The molecule has 0 saturated carbocycles. The fourth-order valence-electron chi connectivity index (χ4n) is 3.25. The number of rotatable bonds is 15. The van der Waals surface area contributed by atoms with Crippen LogP contribution in [0.2, 0.25) is 5.02 Å².